The molecule has 10 heteroatoms. The second-order valence-corrected chi connectivity index (χ2v) is 9.61. The molecule has 2 rings (SSSR count). The summed E-state index contributed by atoms with van der Waals surface area (Å²) in [4.78, 5) is 1.80. The second kappa shape index (κ2) is 9.22. The summed E-state index contributed by atoms with van der Waals surface area (Å²) < 4.78 is 58.9. The Kier molecular flexibility index (Phi) is 7.45. The Hall–Kier alpha value is -1.67. The van der Waals surface area contributed by atoms with E-state index in [1.807, 2.05) is 13.8 Å². The fourth-order valence-corrected chi connectivity index (χ4v) is 7.00. The quantitative estimate of drug-likeness (QED) is 0.551. The van der Waals surface area contributed by atoms with Crippen molar-refractivity contribution in [1.29, 1.82) is 0 Å². The van der Waals surface area contributed by atoms with Gasteiger partial charge in [-0.3, -0.25) is 4.57 Å². The van der Waals surface area contributed by atoms with Crippen molar-refractivity contribution >= 4 is 29.0 Å². The number of methoxy groups -OCH3 is 1. The number of hydrogen-bond donors (Lipinski definition) is 0. The maximum absolute atomic E-state index is 13.5. The van der Waals surface area contributed by atoms with E-state index in [2.05, 4.69) is 4.40 Å². The van der Waals surface area contributed by atoms with Gasteiger partial charge >= 0.3 is 7.60 Å². The van der Waals surface area contributed by atoms with Gasteiger partial charge in [0.25, 0.3) is 10.0 Å². The van der Waals surface area contributed by atoms with Gasteiger partial charge in [0, 0.05) is 13.1 Å². The van der Waals surface area contributed by atoms with Crippen molar-refractivity contribution in [2.45, 2.75) is 27.7 Å². The van der Waals surface area contributed by atoms with Gasteiger partial charge in [-0.05, 0) is 45.4 Å². The van der Waals surface area contributed by atoms with Gasteiger partial charge in [0.2, 0.25) is 0 Å². The van der Waals surface area contributed by atoms with Gasteiger partial charge in [-0.2, -0.15) is 8.42 Å². The third kappa shape index (κ3) is 4.33. The van der Waals surface area contributed by atoms with Crippen molar-refractivity contribution in [3.63, 3.8) is 0 Å². The van der Waals surface area contributed by atoms with E-state index in [-0.39, 0.29) is 24.6 Å². The molecule has 0 aromatic heterocycles. The Morgan fingerprint density at radius 2 is 1.54 bits per heavy atom. The standard InChI is InChI=1S/C18H27N2O6PS/c1-6-20(7-2)17-16(14-10-12-15(24-5)13-11-14)18(28(22,23)19-17)27(21,25-8-3)26-9-4/h10-13H,6-9H2,1-5H3. The second-order valence-electron chi connectivity index (χ2n) is 5.80. The minimum absolute atomic E-state index is 0.0345. The lowest BCUT2D eigenvalue weighted by Crippen LogP contribution is -2.30. The zero-order valence-electron chi connectivity index (χ0n) is 16.8. The van der Waals surface area contributed by atoms with Crippen molar-refractivity contribution < 1.29 is 26.8 Å². The molecule has 0 bridgehead atoms. The van der Waals surface area contributed by atoms with E-state index in [1.54, 1.807) is 50.1 Å². The highest BCUT2D eigenvalue weighted by Gasteiger charge is 2.48. The Morgan fingerprint density at radius 3 is 1.96 bits per heavy atom. The molecule has 0 aliphatic carbocycles. The minimum Gasteiger partial charge on any atom is -0.497 e. The lowest BCUT2D eigenvalue weighted by molar-refractivity contribution is 0.228. The van der Waals surface area contributed by atoms with Gasteiger partial charge in [-0.15, -0.1) is 4.40 Å². The average Bonchev–Trinajstić information content (AvgIpc) is 2.95. The molecule has 1 aliphatic rings. The van der Waals surface area contributed by atoms with Crippen molar-refractivity contribution in [1.82, 2.24) is 4.90 Å². The van der Waals surface area contributed by atoms with Gasteiger partial charge in [-0.1, -0.05) is 12.1 Å². The smallest absolute Gasteiger partial charge is 0.375 e. The van der Waals surface area contributed by atoms with E-state index in [0.717, 1.165) is 0 Å². The molecule has 28 heavy (non-hydrogen) atoms. The van der Waals surface area contributed by atoms with Crippen LogP contribution in [0.25, 0.3) is 5.57 Å². The molecular weight excluding hydrogens is 403 g/mol. The van der Waals surface area contributed by atoms with E-state index in [4.69, 9.17) is 13.8 Å². The molecule has 1 aromatic carbocycles. The summed E-state index contributed by atoms with van der Waals surface area (Å²) in [7, 11) is -6.80. The van der Waals surface area contributed by atoms with Crippen LogP contribution in [0.2, 0.25) is 0 Å². The predicted octanol–water partition coefficient (Wildman–Crippen LogP) is 3.71. The van der Waals surface area contributed by atoms with Crippen LogP contribution in [0.15, 0.2) is 33.3 Å². The van der Waals surface area contributed by atoms with E-state index >= 15 is 0 Å². The van der Waals surface area contributed by atoms with E-state index < -0.39 is 22.3 Å². The van der Waals surface area contributed by atoms with Crippen LogP contribution >= 0.6 is 7.60 Å². The number of hydrogen-bond acceptors (Lipinski definition) is 7. The normalized spacial score (nSPS) is 16.2. The van der Waals surface area contributed by atoms with Crippen molar-refractivity contribution in [2.75, 3.05) is 33.4 Å². The van der Waals surface area contributed by atoms with Gasteiger partial charge in [0.05, 0.1) is 25.9 Å². The van der Waals surface area contributed by atoms with Crippen molar-refractivity contribution in [3.8, 4) is 5.75 Å². The summed E-state index contributed by atoms with van der Waals surface area (Å²) in [5.74, 6) is 0.857. The van der Waals surface area contributed by atoms with Crippen LogP contribution in [0.4, 0.5) is 0 Å². The summed E-state index contributed by atoms with van der Waals surface area (Å²) >= 11 is 0. The molecular formula is C18H27N2O6PS. The molecule has 0 amide bonds. The summed E-state index contributed by atoms with van der Waals surface area (Å²) in [6.07, 6.45) is 0. The maximum atomic E-state index is 13.5. The number of rotatable bonds is 9. The van der Waals surface area contributed by atoms with E-state index in [9.17, 15) is 13.0 Å². The SMILES string of the molecule is CCOP(=O)(OCC)C1=C(c2ccc(OC)cc2)C(N(CC)CC)=NS1(=O)=O. The molecule has 0 fully saturated rings. The highest BCUT2D eigenvalue weighted by Crippen LogP contribution is 2.62. The van der Waals surface area contributed by atoms with Crippen LogP contribution in [-0.4, -0.2) is 52.6 Å². The first kappa shape index (κ1) is 22.6. The van der Waals surface area contributed by atoms with Crippen molar-refractivity contribution in [2.24, 2.45) is 4.40 Å². The third-order valence-corrected chi connectivity index (χ3v) is 8.56. The lowest BCUT2D eigenvalue weighted by Gasteiger charge is -2.23. The first-order valence-corrected chi connectivity index (χ1v) is 12.1. The Bertz CT molecular complexity index is 895. The Balaban J connectivity index is 2.83. The molecule has 8 nitrogen and oxygen atoms in total. The summed E-state index contributed by atoms with van der Waals surface area (Å²) in [5.41, 5.74) is 0.791. The highest BCUT2D eigenvalue weighted by molar-refractivity contribution is 8.03. The average molecular weight is 430 g/mol. The third-order valence-electron chi connectivity index (χ3n) is 4.18. The first-order valence-electron chi connectivity index (χ1n) is 9.16. The maximum Gasteiger partial charge on any atom is 0.375 e. The van der Waals surface area contributed by atoms with E-state index in [1.165, 1.54) is 0 Å². The Morgan fingerprint density at radius 1 is 1.00 bits per heavy atom. The number of benzene rings is 1. The number of ether oxygens (including phenoxy) is 1. The molecule has 1 aromatic rings. The molecule has 0 spiro atoms. The van der Waals surface area contributed by atoms with Crippen LogP contribution in [0.3, 0.4) is 0 Å². The molecule has 0 N–H and O–H groups in total. The van der Waals surface area contributed by atoms with Gasteiger partial charge in [0.1, 0.15) is 5.75 Å². The number of nitrogens with zero attached hydrogens (tertiary/aromatic N) is 2. The van der Waals surface area contributed by atoms with Gasteiger partial charge in [0.15, 0.2) is 10.5 Å². The number of likely N-dealkylation sites (N-methyl/N-ethyl adjacent to an activating group) is 1. The zero-order chi connectivity index (χ0) is 20.9. The number of amidine groups is 1. The van der Waals surface area contributed by atoms with Crippen LogP contribution in [-0.2, 0) is 23.6 Å². The molecule has 0 saturated heterocycles. The topological polar surface area (TPSA) is 94.5 Å². The molecule has 1 aliphatic heterocycles. The monoisotopic (exact) mass is 430 g/mol. The molecule has 1 heterocycles. The fourth-order valence-electron chi connectivity index (χ4n) is 2.95. The van der Waals surface area contributed by atoms with Crippen LogP contribution < -0.4 is 4.74 Å². The molecule has 0 atom stereocenters. The fraction of sp³-hybridized carbons (Fsp3) is 0.500. The van der Waals surface area contributed by atoms with Crippen molar-refractivity contribution in [3.05, 3.63) is 34.5 Å². The first-order chi connectivity index (χ1) is 13.3. The number of sulfonamides is 1. The van der Waals surface area contributed by atoms with Gasteiger partial charge in [-0.25, -0.2) is 0 Å². The molecule has 0 saturated carbocycles. The van der Waals surface area contributed by atoms with Crippen LogP contribution in [0.5, 0.6) is 5.75 Å². The summed E-state index contributed by atoms with van der Waals surface area (Å²) in [6.45, 7) is 8.19. The Labute approximate surface area is 166 Å². The summed E-state index contributed by atoms with van der Waals surface area (Å²) in [6, 6.07) is 6.82. The van der Waals surface area contributed by atoms with E-state index in [0.29, 0.717) is 24.4 Å². The highest BCUT2D eigenvalue weighted by atomic mass is 32.2. The zero-order valence-corrected chi connectivity index (χ0v) is 18.5. The minimum atomic E-state index is -4.23. The van der Waals surface area contributed by atoms with Gasteiger partial charge < -0.3 is 18.7 Å². The van der Waals surface area contributed by atoms with Crippen LogP contribution in [0.1, 0.15) is 33.3 Å². The lowest BCUT2D eigenvalue weighted by atomic mass is 10.1. The predicted molar refractivity (Wildman–Crippen MR) is 110 cm³/mol. The molecule has 0 unspecified atom stereocenters. The van der Waals surface area contributed by atoms with Crippen LogP contribution in [0, 0.1) is 0 Å². The molecule has 156 valence electrons. The molecule has 0 radical (unpaired) electrons. The summed E-state index contributed by atoms with van der Waals surface area (Å²) in [5, 5.41) is 0. The largest absolute Gasteiger partial charge is 0.497 e.